The quantitative estimate of drug-likeness (QED) is 0.361. The molecule has 0 aliphatic heterocycles. The molecular weight excluding hydrogens is 329 g/mol. The van der Waals surface area contributed by atoms with Crippen molar-refractivity contribution in [3.63, 3.8) is 0 Å². The first kappa shape index (κ1) is 14.3. The third kappa shape index (κ3) is 5.38. The maximum atomic E-state index is 5.72. The lowest BCUT2D eigenvalue weighted by molar-refractivity contribution is 0.765. The Morgan fingerprint density at radius 3 is 3.00 bits per heavy atom. The number of aryl methyl sites for hydroxylation is 2. The predicted octanol–water partition coefficient (Wildman–Crippen LogP) is 1.04. The van der Waals surface area contributed by atoms with Gasteiger partial charge in [0.25, 0.3) is 0 Å². The number of hydrogen-bond donors (Lipinski definition) is 2. The van der Waals surface area contributed by atoms with Crippen LogP contribution in [0.25, 0.3) is 0 Å². The normalized spacial score (nSPS) is 15.5. The van der Waals surface area contributed by atoms with E-state index in [4.69, 9.17) is 5.73 Å². The van der Waals surface area contributed by atoms with E-state index in [1.54, 1.807) is 0 Å². The largest absolute Gasteiger partial charge is 0.370 e. The lowest BCUT2D eigenvalue weighted by atomic mass is 10.2. The van der Waals surface area contributed by atoms with Crippen LogP contribution in [0.15, 0.2) is 17.4 Å². The molecule has 1 aromatic heterocycles. The molecule has 1 heterocycles. The average molecular weight is 349 g/mol. The van der Waals surface area contributed by atoms with Gasteiger partial charge >= 0.3 is 0 Å². The van der Waals surface area contributed by atoms with Crippen molar-refractivity contribution in [3.8, 4) is 0 Å². The highest BCUT2D eigenvalue weighted by Gasteiger charge is 2.21. The summed E-state index contributed by atoms with van der Waals surface area (Å²) in [6.07, 6.45) is 8.41. The number of hydrogen-bond acceptors (Lipinski definition) is 2. The van der Waals surface area contributed by atoms with Gasteiger partial charge in [0.2, 0.25) is 0 Å². The van der Waals surface area contributed by atoms with Crippen LogP contribution in [0, 0.1) is 0 Å². The molecule has 1 aromatic rings. The van der Waals surface area contributed by atoms with Gasteiger partial charge in [0.15, 0.2) is 5.96 Å². The van der Waals surface area contributed by atoms with E-state index in [2.05, 4.69) is 15.4 Å². The Morgan fingerprint density at radius 2 is 2.41 bits per heavy atom. The molecule has 17 heavy (non-hydrogen) atoms. The average Bonchev–Trinajstić information content (AvgIpc) is 2.95. The molecule has 1 saturated carbocycles. The van der Waals surface area contributed by atoms with Crippen molar-refractivity contribution in [2.75, 3.05) is 6.54 Å². The smallest absolute Gasteiger partial charge is 0.188 e. The molecule has 0 radical (unpaired) electrons. The number of nitrogens with one attached hydrogen (secondary N) is 1. The molecule has 0 bridgehead atoms. The van der Waals surface area contributed by atoms with Gasteiger partial charge in [0, 0.05) is 25.8 Å². The van der Waals surface area contributed by atoms with Crippen molar-refractivity contribution in [1.82, 2.24) is 15.1 Å². The highest BCUT2D eigenvalue weighted by molar-refractivity contribution is 14.0. The first-order valence-electron chi connectivity index (χ1n) is 5.78. The molecule has 6 heteroatoms. The maximum Gasteiger partial charge on any atom is 0.188 e. The molecule has 2 rings (SSSR count). The molecule has 0 saturated heterocycles. The number of rotatable bonds is 5. The van der Waals surface area contributed by atoms with E-state index in [-0.39, 0.29) is 24.0 Å². The second-order valence-corrected chi connectivity index (χ2v) is 4.31. The topological polar surface area (TPSA) is 68.2 Å². The molecule has 1 aliphatic carbocycles. The Morgan fingerprint density at radius 1 is 1.65 bits per heavy atom. The highest BCUT2D eigenvalue weighted by Crippen LogP contribution is 2.17. The highest BCUT2D eigenvalue weighted by atomic mass is 127. The summed E-state index contributed by atoms with van der Waals surface area (Å²) in [7, 11) is 1.93. The van der Waals surface area contributed by atoms with Crippen LogP contribution in [-0.4, -0.2) is 28.3 Å². The van der Waals surface area contributed by atoms with E-state index in [1.165, 1.54) is 18.4 Å². The SMILES string of the molecule is Cn1cc(CCCN=C(N)NC2CC2)cn1.I. The lowest BCUT2D eigenvalue weighted by Crippen LogP contribution is -2.33. The predicted molar refractivity (Wildman–Crippen MR) is 79.6 cm³/mol. The molecular formula is C11H20IN5. The monoisotopic (exact) mass is 349 g/mol. The summed E-state index contributed by atoms with van der Waals surface area (Å²) in [5, 5.41) is 7.29. The summed E-state index contributed by atoms with van der Waals surface area (Å²) < 4.78 is 1.82. The van der Waals surface area contributed by atoms with Crippen LogP contribution in [0.5, 0.6) is 0 Å². The van der Waals surface area contributed by atoms with Gasteiger partial charge in [0.1, 0.15) is 0 Å². The minimum atomic E-state index is 0. The zero-order valence-corrected chi connectivity index (χ0v) is 12.4. The third-order valence-electron chi connectivity index (χ3n) is 2.59. The van der Waals surface area contributed by atoms with Crippen LogP contribution in [-0.2, 0) is 13.5 Å². The van der Waals surface area contributed by atoms with Crippen molar-refractivity contribution < 1.29 is 0 Å². The summed E-state index contributed by atoms with van der Waals surface area (Å²) in [5.74, 6) is 0.591. The van der Waals surface area contributed by atoms with Crippen LogP contribution in [0.2, 0.25) is 0 Å². The fourth-order valence-corrected chi connectivity index (χ4v) is 1.57. The minimum Gasteiger partial charge on any atom is -0.370 e. The Bertz CT molecular complexity index is 370. The number of halogens is 1. The van der Waals surface area contributed by atoms with Crippen molar-refractivity contribution in [1.29, 1.82) is 0 Å². The molecule has 5 nitrogen and oxygen atoms in total. The van der Waals surface area contributed by atoms with Gasteiger partial charge in [-0.05, 0) is 31.2 Å². The first-order valence-corrected chi connectivity index (χ1v) is 5.78. The number of aromatic nitrogens is 2. The third-order valence-corrected chi connectivity index (χ3v) is 2.59. The number of aliphatic imine (C=N–C) groups is 1. The molecule has 3 N–H and O–H groups in total. The Balaban J connectivity index is 0.00000144. The van der Waals surface area contributed by atoms with Crippen molar-refractivity contribution in [3.05, 3.63) is 18.0 Å². The van der Waals surface area contributed by atoms with Crippen molar-refractivity contribution >= 4 is 29.9 Å². The van der Waals surface area contributed by atoms with Gasteiger partial charge in [-0.1, -0.05) is 0 Å². The van der Waals surface area contributed by atoms with Gasteiger partial charge in [0.05, 0.1) is 6.20 Å². The van der Waals surface area contributed by atoms with Gasteiger partial charge in [-0.3, -0.25) is 9.67 Å². The van der Waals surface area contributed by atoms with Crippen LogP contribution in [0.4, 0.5) is 0 Å². The fraction of sp³-hybridized carbons (Fsp3) is 0.636. The molecule has 0 amide bonds. The summed E-state index contributed by atoms with van der Waals surface area (Å²) in [4.78, 5) is 4.28. The fourth-order valence-electron chi connectivity index (χ4n) is 1.57. The Kier molecular flexibility index (Phi) is 5.73. The summed E-state index contributed by atoms with van der Waals surface area (Å²) >= 11 is 0. The Hall–Kier alpha value is -0.790. The minimum absolute atomic E-state index is 0. The maximum absolute atomic E-state index is 5.72. The summed E-state index contributed by atoms with van der Waals surface area (Å²) in [6.45, 7) is 0.778. The van der Waals surface area contributed by atoms with E-state index in [9.17, 15) is 0 Å². The molecule has 0 aromatic carbocycles. The number of nitrogens with two attached hydrogens (primary N) is 1. The van der Waals surface area contributed by atoms with Crippen molar-refractivity contribution in [2.45, 2.75) is 31.7 Å². The molecule has 1 aliphatic rings. The van der Waals surface area contributed by atoms with Gasteiger partial charge in [-0.2, -0.15) is 5.10 Å². The molecule has 96 valence electrons. The zero-order chi connectivity index (χ0) is 11.4. The summed E-state index contributed by atoms with van der Waals surface area (Å²) in [5.41, 5.74) is 6.98. The van der Waals surface area contributed by atoms with Crippen LogP contribution < -0.4 is 11.1 Å². The van der Waals surface area contributed by atoms with E-state index in [0.29, 0.717) is 12.0 Å². The van der Waals surface area contributed by atoms with E-state index in [1.807, 2.05) is 24.1 Å². The van der Waals surface area contributed by atoms with Crippen LogP contribution in [0.3, 0.4) is 0 Å². The molecule has 0 unspecified atom stereocenters. The summed E-state index contributed by atoms with van der Waals surface area (Å²) in [6, 6.07) is 0.585. The Labute approximate surface area is 119 Å². The standard InChI is InChI=1S/C11H19N5.HI/c1-16-8-9(7-14-16)3-2-6-13-11(12)15-10-4-5-10;/h7-8,10H,2-6H2,1H3,(H3,12,13,15);1H. The van der Waals surface area contributed by atoms with Crippen LogP contribution >= 0.6 is 24.0 Å². The van der Waals surface area contributed by atoms with Crippen molar-refractivity contribution in [2.24, 2.45) is 17.8 Å². The van der Waals surface area contributed by atoms with E-state index in [0.717, 1.165) is 19.4 Å². The second kappa shape index (κ2) is 6.83. The zero-order valence-electron chi connectivity index (χ0n) is 10.1. The van der Waals surface area contributed by atoms with E-state index >= 15 is 0 Å². The van der Waals surface area contributed by atoms with Gasteiger partial charge in [-0.15, -0.1) is 24.0 Å². The number of nitrogens with zero attached hydrogens (tertiary/aromatic N) is 3. The second-order valence-electron chi connectivity index (χ2n) is 4.31. The first-order chi connectivity index (χ1) is 7.74. The molecule has 0 atom stereocenters. The van der Waals surface area contributed by atoms with E-state index < -0.39 is 0 Å². The molecule has 1 fully saturated rings. The number of guanidine groups is 1. The van der Waals surface area contributed by atoms with Crippen LogP contribution in [0.1, 0.15) is 24.8 Å². The van der Waals surface area contributed by atoms with Gasteiger partial charge in [-0.25, -0.2) is 0 Å². The lowest BCUT2D eigenvalue weighted by Gasteiger charge is -2.02. The molecule has 0 spiro atoms. The van der Waals surface area contributed by atoms with Gasteiger partial charge < -0.3 is 11.1 Å².